The fraction of sp³-hybridized carbons (Fsp3) is 0.357. The number of hydrogen-bond donors (Lipinski definition) is 1. The number of ketones is 1. The number of nitrogens with zero attached hydrogens (tertiary/aromatic N) is 2. The van der Waals surface area contributed by atoms with Gasteiger partial charge in [-0.05, 0) is 67.5 Å². The molecule has 1 aromatic carbocycles. The highest BCUT2D eigenvalue weighted by Gasteiger charge is 2.26. The minimum Gasteiger partial charge on any atom is -0.347 e. The van der Waals surface area contributed by atoms with E-state index in [1.54, 1.807) is 30.7 Å². The highest BCUT2D eigenvalue weighted by atomic mass is 16.2. The largest absolute Gasteiger partial charge is 0.347 e. The zero-order valence-electron chi connectivity index (χ0n) is 20.5. The molecule has 0 bridgehead atoms. The van der Waals surface area contributed by atoms with Gasteiger partial charge in [-0.3, -0.25) is 19.4 Å². The predicted molar refractivity (Wildman–Crippen MR) is 135 cm³/mol. The molecule has 0 saturated carbocycles. The Balaban J connectivity index is 1.97. The molecule has 34 heavy (non-hydrogen) atoms. The van der Waals surface area contributed by atoms with Crippen molar-refractivity contribution in [2.75, 3.05) is 0 Å². The third-order valence-corrected chi connectivity index (χ3v) is 5.92. The van der Waals surface area contributed by atoms with E-state index in [0.717, 1.165) is 27.8 Å². The zero-order chi connectivity index (χ0) is 24.8. The Kier molecular flexibility index (Phi) is 8.16. The number of Topliss-reactive ketones (excluding diaryl/α,β-unsaturated/α-hetero) is 1. The zero-order valence-corrected chi connectivity index (χ0v) is 20.5. The average molecular weight is 460 g/mol. The van der Waals surface area contributed by atoms with Crippen LogP contribution in [0.5, 0.6) is 0 Å². The van der Waals surface area contributed by atoms with Gasteiger partial charge in [0.1, 0.15) is 11.8 Å². The highest BCUT2D eigenvalue weighted by Crippen LogP contribution is 2.29. The van der Waals surface area contributed by atoms with Crippen molar-refractivity contribution in [2.24, 2.45) is 5.92 Å². The standard InChI is InChI=1S/C28H33N3O3/c1-18(2)13-25(31-12-7-6-11-26(31)33)28(34)30-24(14-21(5)32)22-15-23(17-29-16-22)27-19(3)9-8-10-20(27)4/h6-12,15-18,24-25H,13-14H2,1-5H3,(H,30,34)/t24-,25?/m0/s1. The van der Waals surface area contributed by atoms with Gasteiger partial charge < -0.3 is 9.88 Å². The van der Waals surface area contributed by atoms with E-state index < -0.39 is 12.1 Å². The SMILES string of the molecule is CC(=O)C[C@H](NC(=O)C(CC(C)C)n1ccccc1=O)c1cncc(-c2c(C)cccc2C)c1. The molecule has 0 spiro atoms. The molecule has 178 valence electrons. The Labute approximate surface area is 201 Å². The van der Waals surface area contributed by atoms with Gasteiger partial charge in [-0.2, -0.15) is 0 Å². The number of hydrogen-bond acceptors (Lipinski definition) is 4. The van der Waals surface area contributed by atoms with Gasteiger partial charge in [0.2, 0.25) is 5.91 Å². The van der Waals surface area contributed by atoms with Crippen molar-refractivity contribution < 1.29 is 9.59 Å². The fourth-order valence-corrected chi connectivity index (χ4v) is 4.35. The van der Waals surface area contributed by atoms with E-state index in [1.165, 1.54) is 17.6 Å². The molecule has 0 aliphatic heterocycles. The molecule has 0 aliphatic rings. The average Bonchev–Trinajstić information content (AvgIpc) is 2.77. The first-order chi connectivity index (χ1) is 16.2. The topological polar surface area (TPSA) is 81.1 Å². The van der Waals surface area contributed by atoms with Crippen LogP contribution in [0.3, 0.4) is 0 Å². The second-order valence-electron chi connectivity index (χ2n) is 9.33. The van der Waals surface area contributed by atoms with Crippen molar-refractivity contribution in [1.82, 2.24) is 14.9 Å². The van der Waals surface area contributed by atoms with E-state index in [2.05, 4.69) is 36.3 Å². The van der Waals surface area contributed by atoms with Gasteiger partial charge in [-0.25, -0.2) is 0 Å². The molecule has 2 atom stereocenters. The van der Waals surface area contributed by atoms with Gasteiger partial charge in [0.15, 0.2) is 0 Å². The normalized spacial score (nSPS) is 12.9. The van der Waals surface area contributed by atoms with Crippen molar-refractivity contribution >= 4 is 11.7 Å². The van der Waals surface area contributed by atoms with E-state index in [1.807, 2.05) is 26.0 Å². The Hall–Kier alpha value is -3.54. The van der Waals surface area contributed by atoms with Crippen LogP contribution in [0.2, 0.25) is 0 Å². The lowest BCUT2D eigenvalue weighted by atomic mass is 9.94. The minimum atomic E-state index is -0.669. The molecule has 6 nitrogen and oxygen atoms in total. The van der Waals surface area contributed by atoms with Crippen LogP contribution >= 0.6 is 0 Å². The first-order valence-electron chi connectivity index (χ1n) is 11.7. The first kappa shape index (κ1) is 25.1. The fourth-order valence-electron chi connectivity index (χ4n) is 4.35. The number of carbonyl (C=O) groups is 2. The van der Waals surface area contributed by atoms with E-state index in [0.29, 0.717) is 6.42 Å². The summed E-state index contributed by atoms with van der Waals surface area (Å²) >= 11 is 0. The summed E-state index contributed by atoms with van der Waals surface area (Å²) in [5, 5.41) is 3.04. The summed E-state index contributed by atoms with van der Waals surface area (Å²) in [5.41, 5.74) is 4.82. The number of rotatable bonds is 9. The lowest BCUT2D eigenvalue weighted by Crippen LogP contribution is -2.39. The number of carbonyl (C=O) groups excluding carboxylic acids is 2. The van der Waals surface area contributed by atoms with Gasteiger partial charge in [0.25, 0.3) is 5.56 Å². The summed E-state index contributed by atoms with van der Waals surface area (Å²) in [7, 11) is 0. The molecule has 0 fully saturated rings. The van der Waals surface area contributed by atoms with Crippen LogP contribution < -0.4 is 10.9 Å². The Morgan fingerprint density at radius 2 is 1.74 bits per heavy atom. The predicted octanol–water partition coefficient (Wildman–Crippen LogP) is 4.95. The number of nitrogens with one attached hydrogen (secondary N) is 1. The molecule has 0 saturated heterocycles. The Morgan fingerprint density at radius 3 is 2.35 bits per heavy atom. The maximum atomic E-state index is 13.5. The van der Waals surface area contributed by atoms with E-state index >= 15 is 0 Å². The van der Waals surface area contributed by atoms with Gasteiger partial charge >= 0.3 is 0 Å². The minimum absolute atomic E-state index is 0.0416. The smallest absolute Gasteiger partial charge is 0.251 e. The summed E-state index contributed by atoms with van der Waals surface area (Å²) in [6.07, 6.45) is 5.77. The van der Waals surface area contributed by atoms with Crippen LogP contribution in [0.15, 0.2) is 65.8 Å². The molecule has 0 radical (unpaired) electrons. The molecule has 3 aromatic rings. The summed E-state index contributed by atoms with van der Waals surface area (Å²) in [6.45, 7) is 9.64. The molecule has 0 aliphatic carbocycles. The van der Waals surface area contributed by atoms with Crippen molar-refractivity contribution in [3.05, 3.63) is 88.1 Å². The molecule has 2 aromatic heterocycles. The van der Waals surface area contributed by atoms with Crippen LogP contribution in [-0.2, 0) is 9.59 Å². The molecule has 1 amide bonds. The van der Waals surface area contributed by atoms with Crippen LogP contribution in [-0.4, -0.2) is 21.2 Å². The third kappa shape index (κ3) is 6.07. The van der Waals surface area contributed by atoms with Crippen molar-refractivity contribution in [2.45, 2.75) is 59.5 Å². The number of amides is 1. The summed E-state index contributed by atoms with van der Waals surface area (Å²) < 4.78 is 1.46. The molecule has 3 rings (SSSR count). The van der Waals surface area contributed by atoms with Crippen molar-refractivity contribution in [3.8, 4) is 11.1 Å². The Bertz CT molecular complexity index is 1210. The van der Waals surface area contributed by atoms with Gasteiger partial charge in [-0.1, -0.05) is 38.1 Å². The number of aryl methyl sites for hydroxylation is 2. The summed E-state index contributed by atoms with van der Waals surface area (Å²) in [6, 6.07) is 11.8. The lowest BCUT2D eigenvalue weighted by Gasteiger charge is -2.25. The van der Waals surface area contributed by atoms with E-state index in [9.17, 15) is 14.4 Å². The van der Waals surface area contributed by atoms with Gasteiger partial charge in [0.05, 0.1) is 6.04 Å². The number of benzene rings is 1. The van der Waals surface area contributed by atoms with E-state index in [-0.39, 0.29) is 29.6 Å². The maximum absolute atomic E-state index is 13.5. The number of pyridine rings is 2. The first-order valence-corrected chi connectivity index (χ1v) is 11.7. The second kappa shape index (κ2) is 11.1. The summed E-state index contributed by atoms with van der Waals surface area (Å²) in [4.78, 5) is 42.5. The maximum Gasteiger partial charge on any atom is 0.251 e. The highest BCUT2D eigenvalue weighted by molar-refractivity contribution is 5.83. The molecular weight excluding hydrogens is 426 g/mol. The second-order valence-corrected chi connectivity index (χ2v) is 9.33. The number of aromatic nitrogens is 2. The van der Waals surface area contributed by atoms with Crippen LogP contribution in [0.4, 0.5) is 0 Å². The molecule has 1 unspecified atom stereocenters. The molecule has 2 heterocycles. The monoisotopic (exact) mass is 459 g/mol. The van der Waals surface area contributed by atoms with Crippen molar-refractivity contribution in [3.63, 3.8) is 0 Å². The van der Waals surface area contributed by atoms with Gasteiger partial charge in [0, 0.05) is 36.6 Å². The van der Waals surface area contributed by atoms with Crippen LogP contribution in [0.25, 0.3) is 11.1 Å². The molecule has 6 heteroatoms. The van der Waals surface area contributed by atoms with Crippen LogP contribution in [0.1, 0.15) is 62.4 Å². The van der Waals surface area contributed by atoms with Crippen LogP contribution in [0, 0.1) is 19.8 Å². The van der Waals surface area contributed by atoms with Crippen molar-refractivity contribution in [1.29, 1.82) is 0 Å². The molecular formula is C28H33N3O3. The van der Waals surface area contributed by atoms with E-state index in [4.69, 9.17) is 0 Å². The third-order valence-electron chi connectivity index (χ3n) is 5.92. The summed E-state index contributed by atoms with van der Waals surface area (Å²) in [5.74, 6) is -0.131. The Morgan fingerprint density at radius 1 is 1.03 bits per heavy atom. The quantitative estimate of drug-likeness (QED) is 0.491. The molecule has 1 N–H and O–H groups in total. The lowest BCUT2D eigenvalue weighted by molar-refractivity contribution is -0.126. The van der Waals surface area contributed by atoms with Gasteiger partial charge in [-0.15, -0.1) is 0 Å².